The molecule has 9 heteroatoms. The van der Waals surface area contributed by atoms with Crippen molar-refractivity contribution >= 4 is 41.5 Å². The minimum atomic E-state index is 0. The minimum absolute atomic E-state index is 0. The van der Waals surface area contributed by atoms with Gasteiger partial charge in [-0.25, -0.2) is 4.99 Å². The molecule has 3 rings (SSSR count). The van der Waals surface area contributed by atoms with Crippen LogP contribution in [-0.2, 0) is 13.6 Å². The Labute approximate surface area is 194 Å². The fourth-order valence-corrected chi connectivity index (χ4v) is 3.41. The van der Waals surface area contributed by atoms with Gasteiger partial charge in [0.25, 0.3) is 0 Å². The number of likely N-dealkylation sites (N-methyl/N-ethyl adjacent to an activating group) is 1. The van der Waals surface area contributed by atoms with Crippen molar-refractivity contribution in [3.63, 3.8) is 0 Å². The van der Waals surface area contributed by atoms with Gasteiger partial charge in [-0.15, -0.1) is 34.2 Å². The molecular formula is C20H30ClIN6O. The number of hydrogen-bond acceptors (Lipinski definition) is 4. The summed E-state index contributed by atoms with van der Waals surface area (Å²) in [7, 11) is 4.00. The number of rotatable bonds is 7. The Bertz CT molecular complexity index is 806. The third-order valence-electron chi connectivity index (χ3n) is 5.09. The molecule has 1 saturated carbocycles. The smallest absolute Gasteiger partial charge is 0.194 e. The third-order valence-corrected chi connectivity index (χ3v) is 5.33. The van der Waals surface area contributed by atoms with Gasteiger partial charge in [0.15, 0.2) is 11.8 Å². The summed E-state index contributed by atoms with van der Waals surface area (Å²) in [5.41, 5.74) is 0. The lowest BCUT2D eigenvalue weighted by atomic mass is 10.2. The van der Waals surface area contributed by atoms with Gasteiger partial charge < -0.3 is 19.5 Å². The maximum atomic E-state index is 6.01. The highest BCUT2D eigenvalue weighted by atomic mass is 127. The van der Waals surface area contributed by atoms with Crippen molar-refractivity contribution in [1.29, 1.82) is 0 Å². The van der Waals surface area contributed by atoms with Crippen molar-refractivity contribution in [2.45, 2.75) is 45.2 Å². The zero-order valence-corrected chi connectivity index (χ0v) is 20.4. The van der Waals surface area contributed by atoms with Crippen LogP contribution in [0.1, 0.15) is 37.3 Å². The molecule has 0 bridgehead atoms. The van der Waals surface area contributed by atoms with Crippen molar-refractivity contribution in [2.75, 3.05) is 20.2 Å². The van der Waals surface area contributed by atoms with Crippen LogP contribution in [0.2, 0.25) is 5.02 Å². The van der Waals surface area contributed by atoms with Crippen molar-refractivity contribution in [2.24, 2.45) is 12.0 Å². The molecule has 1 heterocycles. The molecule has 1 fully saturated rings. The Kier molecular flexibility index (Phi) is 9.48. The molecule has 1 N–H and O–H groups in total. The molecule has 1 aromatic carbocycles. The first-order valence-electron chi connectivity index (χ1n) is 9.78. The van der Waals surface area contributed by atoms with Gasteiger partial charge in [-0.3, -0.25) is 0 Å². The van der Waals surface area contributed by atoms with Crippen molar-refractivity contribution < 1.29 is 4.74 Å². The summed E-state index contributed by atoms with van der Waals surface area (Å²) in [6.07, 6.45) is 4.92. The maximum Gasteiger partial charge on any atom is 0.194 e. The molecule has 1 aliphatic rings. The average molecular weight is 533 g/mol. The zero-order chi connectivity index (χ0) is 19.9. The molecule has 0 aliphatic heterocycles. The molecule has 160 valence electrons. The molecule has 29 heavy (non-hydrogen) atoms. The number of hydrogen-bond donors (Lipinski definition) is 1. The number of guanidine groups is 1. The van der Waals surface area contributed by atoms with Crippen LogP contribution in [0.15, 0.2) is 29.3 Å². The van der Waals surface area contributed by atoms with Crippen LogP contribution in [0.4, 0.5) is 0 Å². The lowest BCUT2D eigenvalue weighted by Crippen LogP contribution is -2.45. The minimum Gasteiger partial charge on any atom is -0.492 e. The van der Waals surface area contributed by atoms with Crippen molar-refractivity contribution in [3.05, 3.63) is 40.9 Å². The van der Waals surface area contributed by atoms with E-state index in [0.717, 1.165) is 23.4 Å². The maximum absolute atomic E-state index is 6.01. The Morgan fingerprint density at radius 2 is 2.10 bits per heavy atom. The van der Waals surface area contributed by atoms with Crippen LogP contribution in [0.25, 0.3) is 0 Å². The van der Waals surface area contributed by atoms with Crippen LogP contribution >= 0.6 is 35.6 Å². The van der Waals surface area contributed by atoms with Gasteiger partial charge in [0.1, 0.15) is 24.7 Å². The largest absolute Gasteiger partial charge is 0.492 e. The first kappa shape index (κ1) is 23.7. The van der Waals surface area contributed by atoms with Gasteiger partial charge in [0, 0.05) is 25.2 Å². The molecule has 0 saturated heterocycles. The Morgan fingerprint density at radius 3 is 2.76 bits per heavy atom. The molecule has 1 aromatic heterocycles. The fraction of sp³-hybridized carbons (Fsp3) is 0.550. The summed E-state index contributed by atoms with van der Waals surface area (Å²) in [4.78, 5) is 6.91. The number of nitrogens with zero attached hydrogens (tertiary/aromatic N) is 5. The monoisotopic (exact) mass is 532 g/mol. The van der Waals surface area contributed by atoms with Crippen LogP contribution < -0.4 is 10.1 Å². The van der Waals surface area contributed by atoms with E-state index >= 15 is 0 Å². The predicted octanol–water partition coefficient (Wildman–Crippen LogP) is 3.79. The Balaban J connectivity index is 0.00000300. The summed E-state index contributed by atoms with van der Waals surface area (Å²) in [6.45, 7) is 3.69. The van der Waals surface area contributed by atoms with Crippen LogP contribution in [0.3, 0.4) is 0 Å². The predicted molar refractivity (Wildman–Crippen MR) is 127 cm³/mol. The van der Waals surface area contributed by atoms with E-state index in [2.05, 4.69) is 20.4 Å². The second kappa shape index (κ2) is 11.6. The van der Waals surface area contributed by atoms with Gasteiger partial charge in [-0.2, -0.15) is 0 Å². The van der Waals surface area contributed by atoms with E-state index in [0.29, 0.717) is 30.8 Å². The summed E-state index contributed by atoms with van der Waals surface area (Å²) >= 11 is 6.01. The number of aromatic nitrogens is 3. The topological polar surface area (TPSA) is 67.6 Å². The van der Waals surface area contributed by atoms with Crippen molar-refractivity contribution in [1.82, 2.24) is 25.0 Å². The van der Waals surface area contributed by atoms with E-state index in [9.17, 15) is 0 Å². The zero-order valence-electron chi connectivity index (χ0n) is 17.3. The standard InChI is InChI=1S/C20H29ClN6O.HI/c1-15-24-25-19(27(15)3)14-22-20(23-17-8-4-5-9-17)26(2)11-12-28-18-10-6-7-16(21)13-18;/h6-7,10,13,17H,4-5,8-9,11-12,14H2,1-3H3,(H,22,23);1H. The average Bonchev–Trinajstić information content (AvgIpc) is 3.30. The number of halogens is 2. The van der Waals surface area contributed by atoms with E-state index in [1.54, 1.807) is 0 Å². The molecule has 0 amide bonds. The molecule has 7 nitrogen and oxygen atoms in total. The second-order valence-corrected chi connectivity index (χ2v) is 7.65. The molecule has 0 unspecified atom stereocenters. The third kappa shape index (κ3) is 7.02. The van der Waals surface area contributed by atoms with Gasteiger partial charge in [-0.05, 0) is 38.0 Å². The van der Waals surface area contributed by atoms with Gasteiger partial charge in [0.05, 0.1) is 6.54 Å². The van der Waals surface area contributed by atoms with Gasteiger partial charge in [-0.1, -0.05) is 30.5 Å². The van der Waals surface area contributed by atoms with E-state index in [1.807, 2.05) is 49.9 Å². The van der Waals surface area contributed by atoms with Crippen LogP contribution in [0.5, 0.6) is 5.75 Å². The normalized spacial score (nSPS) is 14.6. The molecule has 0 spiro atoms. The molecule has 0 atom stereocenters. The number of nitrogens with one attached hydrogen (secondary N) is 1. The molecule has 0 radical (unpaired) electrons. The van der Waals surface area contributed by atoms with Crippen LogP contribution in [0, 0.1) is 6.92 Å². The highest BCUT2D eigenvalue weighted by Crippen LogP contribution is 2.18. The number of aryl methyl sites for hydroxylation is 1. The fourth-order valence-electron chi connectivity index (χ4n) is 3.23. The van der Waals surface area contributed by atoms with E-state index < -0.39 is 0 Å². The first-order valence-corrected chi connectivity index (χ1v) is 10.2. The lowest BCUT2D eigenvalue weighted by molar-refractivity contribution is 0.280. The Hall–Kier alpha value is -1.55. The summed E-state index contributed by atoms with van der Waals surface area (Å²) in [6, 6.07) is 7.94. The number of aliphatic imine (C=N–C) groups is 1. The SMILES string of the molecule is Cc1nnc(CN=C(NC2CCCC2)N(C)CCOc2cccc(Cl)c2)n1C.I. The first-order chi connectivity index (χ1) is 13.5. The van der Waals surface area contributed by atoms with E-state index in [1.165, 1.54) is 25.7 Å². The molecule has 2 aromatic rings. The summed E-state index contributed by atoms with van der Waals surface area (Å²) in [5, 5.41) is 12.6. The molecular weight excluding hydrogens is 503 g/mol. The second-order valence-electron chi connectivity index (χ2n) is 7.22. The van der Waals surface area contributed by atoms with E-state index in [-0.39, 0.29) is 24.0 Å². The van der Waals surface area contributed by atoms with Crippen LogP contribution in [-0.4, -0.2) is 51.9 Å². The highest BCUT2D eigenvalue weighted by molar-refractivity contribution is 14.0. The van der Waals surface area contributed by atoms with Gasteiger partial charge >= 0.3 is 0 Å². The quantitative estimate of drug-likeness (QED) is 0.334. The molecule has 1 aliphatic carbocycles. The summed E-state index contributed by atoms with van der Waals surface area (Å²) < 4.78 is 7.80. The van der Waals surface area contributed by atoms with Crippen molar-refractivity contribution in [3.8, 4) is 5.75 Å². The lowest BCUT2D eigenvalue weighted by Gasteiger charge is -2.25. The number of benzene rings is 1. The highest BCUT2D eigenvalue weighted by Gasteiger charge is 2.18. The number of ether oxygens (including phenoxy) is 1. The Morgan fingerprint density at radius 1 is 1.34 bits per heavy atom. The van der Waals surface area contributed by atoms with Gasteiger partial charge in [0.2, 0.25) is 0 Å². The van der Waals surface area contributed by atoms with E-state index in [4.69, 9.17) is 21.3 Å². The summed E-state index contributed by atoms with van der Waals surface area (Å²) in [5.74, 6) is 3.39.